The topological polar surface area (TPSA) is 66.5 Å². The molecule has 2 aromatic rings. The Hall–Kier alpha value is -3.16. The monoisotopic (exact) mass is 430 g/mol. The Morgan fingerprint density at radius 1 is 0.968 bits per heavy atom. The molecule has 5 nitrogen and oxygen atoms in total. The number of amides is 3. The molecule has 31 heavy (non-hydrogen) atoms. The van der Waals surface area contributed by atoms with Crippen molar-refractivity contribution in [2.45, 2.75) is 32.4 Å². The number of nitrogens with one attached hydrogen (secondary N) is 1. The summed E-state index contributed by atoms with van der Waals surface area (Å²) in [6.45, 7) is 2.04. The number of carbonyl (C=O) groups is 3. The summed E-state index contributed by atoms with van der Waals surface area (Å²) in [5, 5.41) is 2.29. The molecule has 0 bridgehead atoms. The van der Waals surface area contributed by atoms with Crippen LogP contribution in [0.1, 0.15) is 42.1 Å². The maximum atomic E-state index is 13.3. The summed E-state index contributed by atoms with van der Waals surface area (Å²) >= 11 is 0. The van der Waals surface area contributed by atoms with Crippen molar-refractivity contribution in [2.75, 3.05) is 10.2 Å². The third-order valence-electron chi connectivity index (χ3n) is 6.06. The van der Waals surface area contributed by atoms with Crippen molar-refractivity contribution in [3.63, 3.8) is 0 Å². The van der Waals surface area contributed by atoms with Crippen LogP contribution in [0.25, 0.3) is 0 Å². The van der Waals surface area contributed by atoms with Crippen LogP contribution in [-0.4, -0.2) is 17.7 Å². The van der Waals surface area contributed by atoms with E-state index in [2.05, 4.69) is 5.32 Å². The average molecular weight is 430 g/mol. The molecule has 3 atom stereocenters. The molecule has 2 fully saturated rings. The predicted octanol–water partition coefficient (Wildman–Crippen LogP) is 4.88. The standard InChI is InChI=1S/C23H21F3N2O3/c1-13-10-11-14-16(12-13)22(31)28(21(14)30)19-9-5-2-6-15(19)20(29)27-18-8-4-3-7-17(18)23(24,25)26/h2-9,13-14,16H,10-12H2,1H3,(H,27,29)/t13-,14+,16-/m1/s1. The van der Waals surface area contributed by atoms with E-state index >= 15 is 0 Å². The normalized spacial score (nSPS) is 23.6. The van der Waals surface area contributed by atoms with Gasteiger partial charge in [0.15, 0.2) is 0 Å². The smallest absolute Gasteiger partial charge is 0.321 e. The van der Waals surface area contributed by atoms with E-state index in [1.165, 1.54) is 30.3 Å². The molecule has 1 aliphatic carbocycles. The largest absolute Gasteiger partial charge is 0.418 e. The Labute approximate surface area is 177 Å². The van der Waals surface area contributed by atoms with Gasteiger partial charge in [-0.25, -0.2) is 4.90 Å². The lowest BCUT2D eigenvalue weighted by Gasteiger charge is -2.25. The van der Waals surface area contributed by atoms with Gasteiger partial charge in [0.05, 0.1) is 34.3 Å². The highest BCUT2D eigenvalue weighted by Crippen LogP contribution is 2.43. The maximum absolute atomic E-state index is 13.3. The highest BCUT2D eigenvalue weighted by molar-refractivity contribution is 6.24. The number of nitrogens with zero attached hydrogens (tertiary/aromatic N) is 1. The Morgan fingerprint density at radius 3 is 2.35 bits per heavy atom. The second-order valence-corrected chi connectivity index (χ2v) is 8.16. The third-order valence-corrected chi connectivity index (χ3v) is 6.06. The van der Waals surface area contributed by atoms with E-state index in [1.807, 2.05) is 6.92 Å². The molecule has 1 saturated carbocycles. The summed E-state index contributed by atoms with van der Waals surface area (Å²) in [6, 6.07) is 10.6. The quantitative estimate of drug-likeness (QED) is 0.706. The van der Waals surface area contributed by atoms with E-state index in [0.29, 0.717) is 18.8 Å². The number of benzene rings is 2. The molecule has 0 unspecified atom stereocenters. The first-order chi connectivity index (χ1) is 14.7. The van der Waals surface area contributed by atoms with Crippen molar-refractivity contribution in [1.29, 1.82) is 0 Å². The molecule has 1 heterocycles. The van der Waals surface area contributed by atoms with Crippen LogP contribution in [0.4, 0.5) is 24.5 Å². The Bertz CT molecular complexity index is 1050. The molecule has 162 valence electrons. The fourth-order valence-corrected chi connectivity index (χ4v) is 4.52. The van der Waals surface area contributed by atoms with Crippen LogP contribution >= 0.6 is 0 Å². The van der Waals surface area contributed by atoms with Gasteiger partial charge in [0.25, 0.3) is 5.91 Å². The van der Waals surface area contributed by atoms with Gasteiger partial charge >= 0.3 is 6.18 Å². The Kier molecular flexibility index (Phi) is 5.33. The second kappa shape index (κ2) is 7.83. The molecule has 1 aliphatic heterocycles. The number of carbonyl (C=O) groups excluding carboxylic acids is 3. The van der Waals surface area contributed by atoms with E-state index in [9.17, 15) is 27.6 Å². The van der Waals surface area contributed by atoms with Crippen LogP contribution in [-0.2, 0) is 15.8 Å². The lowest BCUT2D eigenvalue weighted by Crippen LogP contribution is -2.33. The van der Waals surface area contributed by atoms with Crippen molar-refractivity contribution in [1.82, 2.24) is 0 Å². The minimum absolute atomic E-state index is 0.0344. The summed E-state index contributed by atoms with van der Waals surface area (Å²) in [7, 11) is 0. The zero-order valence-corrected chi connectivity index (χ0v) is 16.8. The van der Waals surface area contributed by atoms with Gasteiger partial charge < -0.3 is 5.32 Å². The van der Waals surface area contributed by atoms with E-state index in [4.69, 9.17) is 0 Å². The van der Waals surface area contributed by atoms with Gasteiger partial charge in [0, 0.05) is 0 Å². The molecule has 1 saturated heterocycles. The lowest BCUT2D eigenvalue weighted by molar-refractivity contribution is -0.137. The lowest BCUT2D eigenvalue weighted by atomic mass is 9.76. The molecule has 3 amide bonds. The number of rotatable bonds is 3. The molecule has 2 aromatic carbocycles. The minimum atomic E-state index is -4.64. The van der Waals surface area contributed by atoms with Crippen LogP contribution in [0.3, 0.4) is 0 Å². The van der Waals surface area contributed by atoms with Gasteiger partial charge in [-0.2, -0.15) is 13.2 Å². The van der Waals surface area contributed by atoms with E-state index < -0.39 is 35.2 Å². The third kappa shape index (κ3) is 3.82. The van der Waals surface area contributed by atoms with E-state index in [0.717, 1.165) is 23.5 Å². The molecule has 8 heteroatoms. The number of hydrogen-bond donors (Lipinski definition) is 1. The van der Waals surface area contributed by atoms with Crippen molar-refractivity contribution in [2.24, 2.45) is 17.8 Å². The maximum Gasteiger partial charge on any atom is 0.418 e. The molecule has 4 rings (SSSR count). The first-order valence-corrected chi connectivity index (χ1v) is 10.1. The molecule has 0 aromatic heterocycles. The van der Waals surface area contributed by atoms with E-state index in [-0.39, 0.29) is 23.1 Å². The van der Waals surface area contributed by atoms with Crippen molar-refractivity contribution in [3.8, 4) is 0 Å². The highest BCUT2D eigenvalue weighted by atomic mass is 19.4. The second-order valence-electron chi connectivity index (χ2n) is 8.16. The first kappa shape index (κ1) is 21.1. The average Bonchev–Trinajstić information content (AvgIpc) is 2.97. The molecule has 2 aliphatic rings. The molecular formula is C23H21F3N2O3. The molecular weight excluding hydrogens is 409 g/mol. The number of fused-ring (bicyclic) bond motifs is 1. The van der Waals surface area contributed by atoms with Crippen molar-refractivity contribution in [3.05, 3.63) is 59.7 Å². The first-order valence-electron chi connectivity index (χ1n) is 10.1. The zero-order valence-electron chi connectivity index (χ0n) is 16.8. The predicted molar refractivity (Wildman–Crippen MR) is 108 cm³/mol. The zero-order chi connectivity index (χ0) is 22.3. The minimum Gasteiger partial charge on any atom is -0.321 e. The summed E-state index contributed by atoms with van der Waals surface area (Å²) in [4.78, 5) is 40.0. The van der Waals surface area contributed by atoms with Crippen LogP contribution in [0.5, 0.6) is 0 Å². The van der Waals surface area contributed by atoms with Gasteiger partial charge in [-0.3, -0.25) is 14.4 Å². The van der Waals surface area contributed by atoms with Crippen LogP contribution in [0.2, 0.25) is 0 Å². The van der Waals surface area contributed by atoms with Crippen LogP contribution in [0.15, 0.2) is 48.5 Å². The number of alkyl halides is 3. The fraction of sp³-hybridized carbons (Fsp3) is 0.348. The van der Waals surface area contributed by atoms with Crippen LogP contribution in [0, 0.1) is 17.8 Å². The number of imide groups is 1. The number of hydrogen-bond acceptors (Lipinski definition) is 3. The van der Waals surface area contributed by atoms with Crippen molar-refractivity contribution < 1.29 is 27.6 Å². The Morgan fingerprint density at radius 2 is 1.61 bits per heavy atom. The summed E-state index contributed by atoms with van der Waals surface area (Å²) in [6.07, 6.45) is -2.57. The Balaban J connectivity index is 1.67. The summed E-state index contributed by atoms with van der Waals surface area (Å²) < 4.78 is 39.8. The van der Waals surface area contributed by atoms with Gasteiger partial charge in [-0.1, -0.05) is 31.2 Å². The van der Waals surface area contributed by atoms with Crippen molar-refractivity contribution >= 4 is 29.1 Å². The van der Waals surface area contributed by atoms with Gasteiger partial charge in [0.2, 0.25) is 11.8 Å². The summed E-state index contributed by atoms with van der Waals surface area (Å²) in [5.41, 5.74) is -1.31. The fourth-order valence-electron chi connectivity index (χ4n) is 4.52. The highest BCUT2D eigenvalue weighted by Gasteiger charge is 2.50. The molecule has 1 N–H and O–H groups in total. The summed E-state index contributed by atoms with van der Waals surface area (Å²) in [5.74, 6) is -2.02. The van der Waals surface area contributed by atoms with Crippen LogP contribution < -0.4 is 10.2 Å². The van der Waals surface area contributed by atoms with Gasteiger partial charge in [0.1, 0.15) is 0 Å². The van der Waals surface area contributed by atoms with Gasteiger partial charge in [-0.15, -0.1) is 0 Å². The van der Waals surface area contributed by atoms with Gasteiger partial charge in [-0.05, 0) is 49.4 Å². The molecule has 0 spiro atoms. The number of anilines is 2. The number of halogens is 3. The molecule has 0 radical (unpaired) electrons. The SMILES string of the molecule is C[C@@H]1CC[C@@H]2C(=O)N(c3ccccc3C(=O)Nc3ccccc3C(F)(F)F)C(=O)[C@@H]2C1. The number of para-hydroxylation sites is 2. The van der Waals surface area contributed by atoms with E-state index in [1.54, 1.807) is 6.07 Å².